The molecule has 0 amide bonds. The van der Waals surface area contributed by atoms with Crippen LogP contribution in [-0.4, -0.2) is 20.3 Å². The minimum atomic E-state index is -0.0640. The van der Waals surface area contributed by atoms with Crippen LogP contribution in [-0.2, 0) is 5.41 Å². The van der Waals surface area contributed by atoms with Crippen molar-refractivity contribution in [1.29, 1.82) is 5.26 Å². The largest absolute Gasteiger partial charge is 0.493 e. The third kappa shape index (κ3) is 1.81. The van der Waals surface area contributed by atoms with Gasteiger partial charge in [-0.1, -0.05) is 0 Å². The highest BCUT2D eigenvalue weighted by Gasteiger charge is 2.49. The van der Waals surface area contributed by atoms with Crippen molar-refractivity contribution in [3.63, 3.8) is 0 Å². The third-order valence-corrected chi connectivity index (χ3v) is 3.80. The number of methoxy groups -OCH3 is 2. The van der Waals surface area contributed by atoms with E-state index in [0.717, 1.165) is 18.4 Å². The Morgan fingerprint density at radius 1 is 1.33 bits per heavy atom. The molecule has 1 aromatic rings. The maximum absolute atomic E-state index is 9.09. The first kappa shape index (κ1) is 12.7. The summed E-state index contributed by atoms with van der Waals surface area (Å²) >= 11 is 0. The summed E-state index contributed by atoms with van der Waals surface area (Å²) in [5.74, 6) is 1.30. The number of nitrogens with two attached hydrogens (primary N) is 1. The average molecular weight is 246 g/mol. The normalized spacial score (nSPS) is 17.7. The van der Waals surface area contributed by atoms with E-state index in [0.29, 0.717) is 17.1 Å². The van der Waals surface area contributed by atoms with E-state index in [4.69, 9.17) is 20.5 Å². The first-order valence-corrected chi connectivity index (χ1v) is 6.01. The molecule has 4 heteroatoms. The Morgan fingerprint density at radius 2 is 2.00 bits per heavy atom. The summed E-state index contributed by atoms with van der Waals surface area (Å²) in [5, 5.41) is 9.09. The number of benzene rings is 1. The Morgan fingerprint density at radius 3 is 2.39 bits per heavy atom. The van der Waals surface area contributed by atoms with Crippen LogP contribution in [0.25, 0.3) is 0 Å². The zero-order valence-corrected chi connectivity index (χ0v) is 11.0. The lowest BCUT2D eigenvalue weighted by Crippen LogP contribution is -2.32. The molecule has 1 fully saturated rings. The van der Waals surface area contributed by atoms with E-state index in [9.17, 15) is 0 Å². The second kappa shape index (κ2) is 4.51. The van der Waals surface area contributed by atoms with Gasteiger partial charge in [0.2, 0.25) is 0 Å². The zero-order chi connectivity index (χ0) is 13.3. The molecule has 4 nitrogen and oxygen atoms in total. The summed E-state index contributed by atoms with van der Waals surface area (Å²) in [7, 11) is 3.19. The summed E-state index contributed by atoms with van der Waals surface area (Å²) in [5.41, 5.74) is 7.60. The van der Waals surface area contributed by atoms with Crippen LogP contribution in [0.2, 0.25) is 0 Å². The number of nitriles is 1. The summed E-state index contributed by atoms with van der Waals surface area (Å²) in [4.78, 5) is 0. The molecule has 1 aliphatic rings. The third-order valence-electron chi connectivity index (χ3n) is 3.80. The van der Waals surface area contributed by atoms with Crippen molar-refractivity contribution < 1.29 is 9.47 Å². The fraction of sp³-hybridized carbons (Fsp3) is 0.500. The molecule has 2 N–H and O–H groups in total. The molecule has 1 atom stereocenters. The van der Waals surface area contributed by atoms with Gasteiger partial charge in [-0.15, -0.1) is 0 Å². The van der Waals surface area contributed by atoms with E-state index < -0.39 is 0 Å². The zero-order valence-electron chi connectivity index (χ0n) is 11.0. The Labute approximate surface area is 107 Å². The molecule has 18 heavy (non-hydrogen) atoms. The van der Waals surface area contributed by atoms with Crippen molar-refractivity contribution in [3.8, 4) is 17.6 Å². The van der Waals surface area contributed by atoms with E-state index in [2.05, 4.69) is 6.07 Å². The van der Waals surface area contributed by atoms with Gasteiger partial charge in [-0.3, -0.25) is 0 Å². The van der Waals surface area contributed by atoms with Gasteiger partial charge >= 0.3 is 0 Å². The van der Waals surface area contributed by atoms with E-state index in [1.165, 1.54) is 0 Å². The van der Waals surface area contributed by atoms with Crippen LogP contribution in [0.1, 0.15) is 30.9 Å². The molecular formula is C14H18N2O2. The first-order chi connectivity index (χ1) is 8.58. The number of hydrogen-bond acceptors (Lipinski definition) is 4. The fourth-order valence-electron chi connectivity index (χ4n) is 2.50. The molecule has 0 aliphatic heterocycles. The van der Waals surface area contributed by atoms with Gasteiger partial charge in [-0.05, 0) is 25.8 Å². The predicted molar refractivity (Wildman–Crippen MR) is 68.8 cm³/mol. The highest BCUT2D eigenvalue weighted by Crippen LogP contribution is 2.55. The van der Waals surface area contributed by atoms with Gasteiger partial charge in [-0.2, -0.15) is 5.26 Å². The Hall–Kier alpha value is -1.73. The van der Waals surface area contributed by atoms with Gasteiger partial charge in [0.1, 0.15) is 0 Å². The minimum Gasteiger partial charge on any atom is -0.493 e. The lowest BCUT2D eigenvalue weighted by atomic mass is 9.87. The van der Waals surface area contributed by atoms with Gasteiger partial charge in [-0.25, -0.2) is 0 Å². The summed E-state index contributed by atoms with van der Waals surface area (Å²) in [6.45, 7) is 2.00. The second-order valence-electron chi connectivity index (χ2n) is 4.82. The van der Waals surface area contributed by atoms with Gasteiger partial charge < -0.3 is 15.2 Å². The maximum Gasteiger partial charge on any atom is 0.164 e. The monoisotopic (exact) mass is 246 g/mol. The van der Waals surface area contributed by atoms with Gasteiger partial charge in [0.25, 0.3) is 0 Å². The smallest absolute Gasteiger partial charge is 0.164 e. The quantitative estimate of drug-likeness (QED) is 0.881. The highest BCUT2D eigenvalue weighted by molar-refractivity contribution is 5.57. The van der Waals surface area contributed by atoms with E-state index in [-0.39, 0.29) is 11.5 Å². The van der Waals surface area contributed by atoms with Crippen LogP contribution in [0.4, 0.5) is 0 Å². The SMILES string of the molecule is COc1cc(C#N)cc(C2(C(C)N)CC2)c1OC. The molecule has 2 rings (SSSR count). The Kier molecular flexibility index (Phi) is 3.18. The number of hydrogen-bond donors (Lipinski definition) is 1. The molecule has 96 valence electrons. The molecule has 1 unspecified atom stereocenters. The van der Waals surface area contributed by atoms with Crippen molar-refractivity contribution in [2.24, 2.45) is 5.73 Å². The second-order valence-corrected chi connectivity index (χ2v) is 4.82. The Balaban J connectivity index is 2.62. The number of rotatable bonds is 4. The molecular weight excluding hydrogens is 228 g/mol. The maximum atomic E-state index is 9.09. The molecule has 0 radical (unpaired) electrons. The summed E-state index contributed by atoms with van der Waals surface area (Å²) in [6, 6.07) is 5.76. The van der Waals surface area contributed by atoms with Crippen LogP contribution < -0.4 is 15.2 Å². The van der Waals surface area contributed by atoms with Crippen LogP contribution in [0.3, 0.4) is 0 Å². The van der Waals surface area contributed by atoms with Crippen molar-refractivity contribution in [2.45, 2.75) is 31.2 Å². The molecule has 1 aliphatic carbocycles. The van der Waals surface area contributed by atoms with E-state index in [1.807, 2.05) is 13.0 Å². The van der Waals surface area contributed by atoms with Crippen LogP contribution in [0.5, 0.6) is 11.5 Å². The highest BCUT2D eigenvalue weighted by atomic mass is 16.5. The molecule has 1 aromatic carbocycles. The van der Waals surface area contributed by atoms with Gasteiger partial charge in [0.05, 0.1) is 25.9 Å². The van der Waals surface area contributed by atoms with Gasteiger partial charge in [0, 0.05) is 23.1 Å². The number of ether oxygens (including phenoxy) is 2. The molecule has 0 bridgehead atoms. The van der Waals surface area contributed by atoms with Gasteiger partial charge in [0.15, 0.2) is 11.5 Å². The predicted octanol–water partition coefficient (Wildman–Crippen LogP) is 1.95. The first-order valence-electron chi connectivity index (χ1n) is 6.01. The lowest BCUT2D eigenvalue weighted by Gasteiger charge is -2.24. The van der Waals surface area contributed by atoms with Crippen LogP contribution in [0.15, 0.2) is 12.1 Å². The topological polar surface area (TPSA) is 68.3 Å². The molecule has 0 aromatic heterocycles. The standard InChI is InChI=1S/C14H18N2O2/c1-9(16)14(4-5-14)11-6-10(8-15)7-12(17-2)13(11)18-3/h6-7,9H,4-5,16H2,1-3H3. The average Bonchev–Trinajstić information content (AvgIpc) is 3.18. The number of nitrogens with zero attached hydrogens (tertiary/aromatic N) is 1. The van der Waals surface area contributed by atoms with Crippen molar-refractivity contribution in [1.82, 2.24) is 0 Å². The van der Waals surface area contributed by atoms with Crippen molar-refractivity contribution >= 4 is 0 Å². The molecule has 0 heterocycles. The molecule has 0 spiro atoms. The minimum absolute atomic E-state index is 0.0325. The molecule has 1 saturated carbocycles. The lowest BCUT2D eigenvalue weighted by molar-refractivity contribution is 0.346. The van der Waals surface area contributed by atoms with Crippen molar-refractivity contribution in [2.75, 3.05) is 14.2 Å². The van der Waals surface area contributed by atoms with Crippen LogP contribution in [0, 0.1) is 11.3 Å². The van der Waals surface area contributed by atoms with E-state index >= 15 is 0 Å². The summed E-state index contributed by atoms with van der Waals surface area (Å²) in [6.07, 6.45) is 2.05. The fourth-order valence-corrected chi connectivity index (χ4v) is 2.50. The Bertz CT molecular complexity index is 499. The van der Waals surface area contributed by atoms with E-state index in [1.54, 1.807) is 20.3 Å². The van der Waals surface area contributed by atoms with Crippen LogP contribution >= 0.6 is 0 Å². The summed E-state index contributed by atoms with van der Waals surface area (Å²) < 4.78 is 10.8. The molecule has 0 saturated heterocycles. The van der Waals surface area contributed by atoms with Crippen molar-refractivity contribution in [3.05, 3.63) is 23.3 Å².